The molecule has 7 heteroatoms. The van der Waals surface area contributed by atoms with Crippen molar-refractivity contribution in [2.45, 2.75) is 33.1 Å². The van der Waals surface area contributed by atoms with Crippen LogP contribution in [0.3, 0.4) is 0 Å². The smallest absolute Gasteiger partial charge is 0.272 e. The van der Waals surface area contributed by atoms with E-state index in [1.807, 2.05) is 42.5 Å². The first-order valence-corrected chi connectivity index (χ1v) is 10.3. The summed E-state index contributed by atoms with van der Waals surface area (Å²) in [4.78, 5) is 24.3. The van der Waals surface area contributed by atoms with Gasteiger partial charge >= 0.3 is 0 Å². The first-order valence-electron chi connectivity index (χ1n) is 10.3. The minimum atomic E-state index is -0.214. The molecular weight excluding hydrogens is 412 g/mol. The van der Waals surface area contributed by atoms with Gasteiger partial charge < -0.3 is 10.6 Å². The highest BCUT2D eigenvalue weighted by molar-refractivity contribution is 5.95. The number of H-pyrrole nitrogens is 1. The van der Waals surface area contributed by atoms with Crippen molar-refractivity contribution in [3.05, 3.63) is 70.5 Å². The molecule has 1 aromatic heterocycles. The zero-order chi connectivity index (χ0) is 21.3. The molecule has 6 nitrogen and oxygen atoms in total. The summed E-state index contributed by atoms with van der Waals surface area (Å²) in [7, 11) is 0. The van der Waals surface area contributed by atoms with Crippen molar-refractivity contribution in [3.8, 4) is 11.3 Å². The second kappa shape index (κ2) is 12.0. The molecule has 3 rings (SSSR count). The van der Waals surface area contributed by atoms with E-state index in [1.165, 1.54) is 5.57 Å². The lowest BCUT2D eigenvalue weighted by Crippen LogP contribution is -2.16. The van der Waals surface area contributed by atoms with Gasteiger partial charge in [0.15, 0.2) is 0 Å². The van der Waals surface area contributed by atoms with Crippen LogP contribution in [0.4, 0.5) is 5.69 Å². The summed E-state index contributed by atoms with van der Waals surface area (Å²) >= 11 is 0. The van der Waals surface area contributed by atoms with Gasteiger partial charge in [0.2, 0.25) is 5.91 Å². The number of nitrogens with zero attached hydrogens (tertiary/aromatic N) is 1. The van der Waals surface area contributed by atoms with Crippen LogP contribution in [-0.4, -0.2) is 29.2 Å². The van der Waals surface area contributed by atoms with Crippen molar-refractivity contribution in [1.29, 1.82) is 0 Å². The molecule has 2 aromatic carbocycles. The second-order valence-corrected chi connectivity index (χ2v) is 7.52. The van der Waals surface area contributed by atoms with Crippen molar-refractivity contribution < 1.29 is 4.79 Å². The Labute approximate surface area is 188 Å². The van der Waals surface area contributed by atoms with Crippen molar-refractivity contribution in [3.63, 3.8) is 0 Å². The lowest BCUT2D eigenvalue weighted by molar-refractivity contribution is -0.116. The topological polar surface area (TPSA) is 86.9 Å². The molecule has 1 heterocycles. The third kappa shape index (κ3) is 7.05. The lowest BCUT2D eigenvalue weighted by atomic mass is 10.0. The Hall–Kier alpha value is -2.96. The number of nitrogens with one attached hydrogen (secondary N) is 3. The normalized spacial score (nSPS) is 10.4. The molecule has 0 aliphatic rings. The minimum Gasteiger partial charge on any atom is -0.326 e. The molecule has 0 unspecified atom stereocenters. The highest BCUT2D eigenvalue weighted by atomic mass is 35.5. The third-order valence-electron chi connectivity index (χ3n) is 4.78. The molecule has 3 N–H and O–H groups in total. The predicted octanol–water partition coefficient (Wildman–Crippen LogP) is 4.68. The van der Waals surface area contributed by atoms with E-state index in [4.69, 9.17) is 0 Å². The number of fused-ring (bicyclic) bond motifs is 1. The van der Waals surface area contributed by atoms with Crippen LogP contribution in [0.2, 0.25) is 0 Å². The average Bonchev–Trinajstić information content (AvgIpc) is 2.73. The number of benzene rings is 2. The molecular formula is C24H29ClN4O2. The fourth-order valence-electron chi connectivity index (χ4n) is 3.22. The number of halogens is 1. The highest BCUT2D eigenvalue weighted by Gasteiger charge is 2.10. The summed E-state index contributed by atoms with van der Waals surface area (Å²) in [5, 5.41) is 14.5. The summed E-state index contributed by atoms with van der Waals surface area (Å²) in [5.41, 5.74) is 3.33. The van der Waals surface area contributed by atoms with Gasteiger partial charge in [-0.25, -0.2) is 5.10 Å². The highest BCUT2D eigenvalue weighted by Crippen LogP contribution is 2.26. The van der Waals surface area contributed by atoms with E-state index in [2.05, 4.69) is 40.8 Å². The number of carbonyl (C=O) groups is 1. The number of hydrogen-bond acceptors (Lipinski definition) is 4. The van der Waals surface area contributed by atoms with Gasteiger partial charge in [-0.15, -0.1) is 12.4 Å². The van der Waals surface area contributed by atoms with E-state index in [1.54, 1.807) is 6.07 Å². The maximum absolute atomic E-state index is 12.3. The molecule has 164 valence electrons. The number of unbranched alkanes of at least 4 members (excludes halogenated alkanes) is 1. The van der Waals surface area contributed by atoms with Crippen LogP contribution in [0.5, 0.6) is 0 Å². The monoisotopic (exact) mass is 440 g/mol. The quantitative estimate of drug-likeness (QED) is 0.333. The summed E-state index contributed by atoms with van der Waals surface area (Å²) in [5.74, 6) is -0.00395. The minimum absolute atomic E-state index is 0. The number of aromatic nitrogens is 2. The van der Waals surface area contributed by atoms with Crippen LogP contribution < -0.4 is 16.2 Å². The standard InChI is InChI=1S/C24H28N4O2.ClH/c1-17(2)13-15-25-14-6-5-12-22(29)26-19-9-7-8-18(16-19)23-20-10-3-4-11-21(20)24(30)28-27-23;/h3-4,7-11,13,16,25H,5-6,12,14-15H2,1-2H3,(H,26,29)(H,28,30);1H. The Balaban J connectivity index is 0.00000341. The summed E-state index contributed by atoms with van der Waals surface area (Å²) < 4.78 is 0. The molecule has 3 aromatic rings. The van der Waals surface area contributed by atoms with Crippen molar-refractivity contribution >= 4 is 34.8 Å². The van der Waals surface area contributed by atoms with Gasteiger partial charge in [0.25, 0.3) is 5.56 Å². The fraction of sp³-hybridized carbons (Fsp3) is 0.292. The molecule has 0 saturated carbocycles. The molecule has 0 fully saturated rings. The lowest BCUT2D eigenvalue weighted by Gasteiger charge is -2.09. The molecule has 0 aliphatic carbocycles. The van der Waals surface area contributed by atoms with Crippen LogP contribution in [0.25, 0.3) is 22.0 Å². The van der Waals surface area contributed by atoms with Gasteiger partial charge in [-0.1, -0.05) is 42.0 Å². The van der Waals surface area contributed by atoms with Crippen LogP contribution in [-0.2, 0) is 4.79 Å². The van der Waals surface area contributed by atoms with Gasteiger partial charge in [0.1, 0.15) is 0 Å². The van der Waals surface area contributed by atoms with E-state index >= 15 is 0 Å². The van der Waals surface area contributed by atoms with Gasteiger partial charge in [-0.3, -0.25) is 9.59 Å². The number of amides is 1. The molecule has 1 amide bonds. The van der Waals surface area contributed by atoms with E-state index < -0.39 is 0 Å². The van der Waals surface area contributed by atoms with Crippen LogP contribution in [0, 0.1) is 0 Å². The van der Waals surface area contributed by atoms with E-state index in [9.17, 15) is 9.59 Å². The zero-order valence-corrected chi connectivity index (χ0v) is 18.7. The largest absolute Gasteiger partial charge is 0.326 e. The Morgan fingerprint density at radius 3 is 2.61 bits per heavy atom. The predicted molar refractivity (Wildman–Crippen MR) is 130 cm³/mol. The van der Waals surface area contributed by atoms with Gasteiger partial charge in [-0.05, 0) is 51.4 Å². The number of carbonyl (C=O) groups excluding carboxylic acids is 1. The van der Waals surface area contributed by atoms with Crippen molar-refractivity contribution in [2.75, 3.05) is 18.4 Å². The Morgan fingerprint density at radius 1 is 1.06 bits per heavy atom. The Bertz CT molecular complexity index is 1100. The first-order chi connectivity index (χ1) is 14.5. The molecule has 0 spiro atoms. The molecule has 0 saturated heterocycles. The fourth-order valence-corrected chi connectivity index (χ4v) is 3.22. The number of aromatic amines is 1. The zero-order valence-electron chi connectivity index (χ0n) is 17.9. The van der Waals surface area contributed by atoms with Gasteiger partial charge in [0.05, 0.1) is 11.1 Å². The van der Waals surface area contributed by atoms with Gasteiger partial charge in [0, 0.05) is 29.6 Å². The number of hydrogen-bond donors (Lipinski definition) is 3. The summed E-state index contributed by atoms with van der Waals surface area (Å²) in [6.45, 7) is 5.93. The third-order valence-corrected chi connectivity index (χ3v) is 4.78. The summed E-state index contributed by atoms with van der Waals surface area (Å²) in [6, 6.07) is 14.9. The number of allylic oxidation sites excluding steroid dienone is 1. The second-order valence-electron chi connectivity index (χ2n) is 7.52. The number of anilines is 1. The average molecular weight is 441 g/mol. The molecule has 0 aliphatic heterocycles. The van der Waals surface area contributed by atoms with Crippen molar-refractivity contribution in [1.82, 2.24) is 15.5 Å². The Morgan fingerprint density at radius 2 is 1.84 bits per heavy atom. The SMILES string of the molecule is CC(C)=CCNCCCCC(=O)Nc1cccc(-c2n[nH]c(=O)c3ccccc23)c1.Cl. The maximum Gasteiger partial charge on any atom is 0.272 e. The van der Waals surface area contributed by atoms with Gasteiger partial charge in [-0.2, -0.15) is 5.10 Å². The molecule has 0 bridgehead atoms. The summed E-state index contributed by atoms with van der Waals surface area (Å²) in [6.07, 6.45) is 4.42. The van der Waals surface area contributed by atoms with E-state index in [0.29, 0.717) is 17.5 Å². The van der Waals surface area contributed by atoms with Crippen LogP contribution in [0.1, 0.15) is 33.1 Å². The Kier molecular flexibility index (Phi) is 9.43. The van der Waals surface area contributed by atoms with Crippen LogP contribution in [0.15, 0.2) is 65.0 Å². The van der Waals surface area contributed by atoms with Crippen LogP contribution >= 0.6 is 12.4 Å². The molecule has 0 radical (unpaired) electrons. The first kappa shape index (κ1) is 24.3. The van der Waals surface area contributed by atoms with E-state index in [0.717, 1.165) is 42.6 Å². The maximum atomic E-state index is 12.3. The number of rotatable bonds is 9. The molecule has 0 atom stereocenters. The molecule has 31 heavy (non-hydrogen) atoms. The van der Waals surface area contributed by atoms with Crippen molar-refractivity contribution in [2.24, 2.45) is 0 Å². The van der Waals surface area contributed by atoms with E-state index in [-0.39, 0.29) is 23.9 Å².